The molecule has 6 heteroatoms. The van der Waals surface area contributed by atoms with Crippen molar-refractivity contribution in [2.45, 2.75) is 52.5 Å². The van der Waals surface area contributed by atoms with Crippen LogP contribution >= 0.6 is 0 Å². The number of aromatic nitrogens is 4. The molecule has 1 atom stereocenters. The molecule has 1 saturated carbocycles. The van der Waals surface area contributed by atoms with E-state index in [2.05, 4.69) is 34.3 Å². The molecule has 0 amide bonds. The maximum Gasteiger partial charge on any atom is 0.349 e. The van der Waals surface area contributed by atoms with E-state index in [1.807, 2.05) is 13.0 Å². The normalized spacial score (nSPS) is 22.1. The van der Waals surface area contributed by atoms with Crippen LogP contribution in [0.25, 0.3) is 5.65 Å². The van der Waals surface area contributed by atoms with Crippen LogP contribution in [0.15, 0.2) is 10.9 Å². The van der Waals surface area contributed by atoms with E-state index in [1.54, 1.807) is 0 Å². The molecule has 1 fully saturated rings. The maximum atomic E-state index is 11.6. The van der Waals surface area contributed by atoms with E-state index < -0.39 is 0 Å². The average molecular weight is 275 g/mol. The van der Waals surface area contributed by atoms with Crippen LogP contribution in [0.2, 0.25) is 0 Å². The highest BCUT2D eigenvalue weighted by Gasteiger charge is 2.28. The van der Waals surface area contributed by atoms with Gasteiger partial charge in [0.2, 0.25) is 0 Å². The molecule has 0 saturated heterocycles. The highest BCUT2D eigenvalue weighted by molar-refractivity contribution is 5.50. The van der Waals surface area contributed by atoms with Gasteiger partial charge in [0.05, 0.1) is 0 Å². The Balaban J connectivity index is 1.86. The zero-order chi connectivity index (χ0) is 14.3. The predicted octanol–water partition coefficient (Wildman–Crippen LogP) is 2.11. The van der Waals surface area contributed by atoms with Gasteiger partial charge in [0.1, 0.15) is 11.6 Å². The van der Waals surface area contributed by atoms with Crippen molar-refractivity contribution >= 4 is 11.5 Å². The molecule has 2 heterocycles. The Morgan fingerprint density at radius 1 is 1.50 bits per heavy atom. The Morgan fingerprint density at radius 2 is 2.30 bits per heavy atom. The first-order valence-electron chi connectivity index (χ1n) is 7.16. The quantitative estimate of drug-likeness (QED) is 0.880. The van der Waals surface area contributed by atoms with E-state index in [1.165, 1.54) is 23.7 Å². The third-order valence-corrected chi connectivity index (χ3v) is 4.13. The second-order valence-electron chi connectivity index (χ2n) is 6.51. The Labute approximate surface area is 117 Å². The van der Waals surface area contributed by atoms with Crippen molar-refractivity contribution in [1.29, 1.82) is 0 Å². The SMILES string of the molecule is Cc1nc(NC2CCCC(C)(C)C2)cc2n[nH]c(=O)n12. The van der Waals surface area contributed by atoms with Crippen LogP contribution in [-0.4, -0.2) is 25.6 Å². The number of hydrogen-bond acceptors (Lipinski definition) is 4. The van der Waals surface area contributed by atoms with Gasteiger partial charge in [-0.15, -0.1) is 0 Å². The lowest BCUT2D eigenvalue weighted by molar-refractivity contribution is 0.229. The van der Waals surface area contributed by atoms with Crippen LogP contribution in [0.1, 0.15) is 45.4 Å². The molecule has 6 nitrogen and oxygen atoms in total. The molecule has 3 rings (SSSR count). The first-order valence-corrected chi connectivity index (χ1v) is 7.16. The van der Waals surface area contributed by atoms with Gasteiger partial charge in [0.15, 0.2) is 5.65 Å². The molecule has 2 aromatic rings. The minimum atomic E-state index is -0.240. The van der Waals surface area contributed by atoms with Gasteiger partial charge < -0.3 is 5.32 Å². The Hall–Kier alpha value is -1.85. The van der Waals surface area contributed by atoms with Gasteiger partial charge in [0, 0.05) is 12.1 Å². The minimum Gasteiger partial charge on any atom is -0.367 e. The van der Waals surface area contributed by atoms with Crippen LogP contribution in [-0.2, 0) is 0 Å². The topological polar surface area (TPSA) is 75.1 Å². The molecule has 2 N–H and O–H groups in total. The number of rotatable bonds is 2. The van der Waals surface area contributed by atoms with Crippen LogP contribution in [0.3, 0.4) is 0 Å². The Kier molecular flexibility index (Phi) is 3.03. The number of fused-ring (bicyclic) bond motifs is 1. The summed E-state index contributed by atoms with van der Waals surface area (Å²) in [5.41, 5.74) is 0.758. The summed E-state index contributed by atoms with van der Waals surface area (Å²) in [4.78, 5) is 16.0. The van der Waals surface area contributed by atoms with Gasteiger partial charge in [-0.05, 0) is 31.6 Å². The van der Waals surface area contributed by atoms with E-state index >= 15 is 0 Å². The molecule has 0 aliphatic heterocycles. The Bertz CT molecular complexity index is 684. The van der Waals surface area contributed by atoms with E-state index in [-0.39, 0.29) is 5.69 Å². The number of H-pyrrole nitrogens is 1. The fraction of sp³-hybridized carbons (Fsp3) is 0.643. The van der Waals surface area contributed by atoms with Crippen LogP contribution in [0.5, 0.6) is 0 Å². The molecule has 0 spiro atoms. The standard InChI is InChI=1S/C14H21N5O/c1-9-15-11(7-12-17-18-13(20)19(9)12)16-10-5-4-6-14(2,3)8-10/h7,10,16H,4-6,8H2,1-3H3,(H,18,20). The van der Waals surface area contributed by atoms with E-state index in [9.17, 15) is 4.79 Å². The third-order valence-electron chi connectivity index (χ3n) is 4.13. The van der Waals surface area contributed by atoms with Crippen molar-refractivity contribution in [3.63, 3.8) is 0 Å². The van der Waals surface area contributed by atoms with Gasteiger partial charge in [-0.3, -0.25) is 0 Å². The highest BCUT2D eigenvalue weighted by Crippen LogP contribution is 2.36. The van der Waals surface area contributed by atoms with Crippen LogP contribution < -0.4 is 11.0 Å². The average Bonchev–Trinajstić information content (AvgIpc) is 2.70. The first-order chi connectivity index (χ1) is 9.44. The third kappa shape index (κ3) is 2.42. The zero-order valence-corrected chi connectivity index (χ0v) is 12.2. The summed E-state index contributed by atoms with van der Waals surface area (Å²) in [7, 11) is 0. The van der Waals surface area contributed by atoms with Crippen molar-refractivity contribution in [2.24, 2.45) is 5.41 Å². The Morgan fingerprint density at radius 3 is 3.05 bits per heavy atom. The summed E-state index contributed by atoms with van der Waals surface area (Å²) in [6, 6.07) is 2.27. The lowest BCUT2D eigenvalue weighted by Gasteiger charge is -2.35. The summed E-state index contributed by atoms with van der Waals surface area (Å²) in [6.07, 6.45) is 4.84. The minimum absolute atomic E-state index is 0.240. The van der Waals surface area contributed by atoms with Crippen molar-refractivity contribution in [3.05, 3.63) is 22.4 Å². The first kappa shape index (κ1) is 13.1. The van der Waals surface area contributed by atoms with Gasteiger partial charge in [-0.2, -0.15) is 5.10 Å². The second kappa shape index (κ2) is 4.61. The fourth-order valence-electron chi connectivity index (χ4n) is 3.20. The summed E-state index contributed by atoms with van der Waals surface area (Å²) in [6.45, 7) is 6.45. The largest absolute Gasteiger partial charge is 0.367 e. The summed E-state index contributed by atoms with van der Waals surface area (Å²) in [5, 5.41) is 9.96. The number of hydrogen-bond donors (Lipinski definition) is 2. The van der Waals surface area contributed by atoms with Crippen molar-refractivity contribution < 1.29 is 0 Å². The van der Waals surface area contributed by atoms with E-state index in [0.717, 1.165) is 12.2 Å². The predicted molar refractivity (Wildman–Crippen MR) is 78.0 cm³/mol. The number of nitrogens with zero attached hydrogens (tertiary/aromatic N) is 3. The summed E-state index contributed by atoms with van der Waals surface area (Å²) < 4.78 is 1.48. The van der Waals surface area contributed by atoms with E-state index in [4.69, 9.17) is 0 Å². The van der Waals surface area contributed by atoms with Gasteiger partial charge in [-0.1, -0.05) is 20.3 Å². The van der Waals surface area contributed by atoms with Crippen molar-refractivity contribution in [2.75, 3.05) is 5.32 Å². The molecule has 2 aromatic heterocycles. The summed E-state index contributed by atoms with van der Waals surface area (Å²) >= 11 is 0. The number of anilines is 1. The maximum absolute atomic E-state index is 11.6. The number of aryl methyl sites for hydroxylation is 1. The molecule has 20 heavy (non-hydrogen) atoms. The van der Waals surface area contributed by atoms with Gasteiger partial charge in [0.25, 0.3) is 0 Å². The molecule has 0 bridgehead atoms. The number of nitrogens with one attached hydrogen (secondary N) is 2. The number of aromatic amines is 1. The lowest BCUT2D eigenvalue weighted by Crippen LogP contribution is -2.32. The van der Waals surface area contributed by atoms with Gasteiger partial charge in [-0.25, -0.2) is 19.3 Å². The molecular weight excluding hydrogens is 254 g/mol. The van der Waals surface area contributed by atoms with Crippen LogP contribution in [0, 0.1) is 12.3 Å². The van der Waals surface area contributed by atoms with E-state index in [0.29, 0.717) is 22.9 Å². The van der Waals surface area contributed by atoms with Crippen molar-refractivity contribution in [3.8, 4) is 0 Å². The zero-order valence-electron chi connectivity index (χ0n) is 12.2. The monoisotopic (exact) mass is 275 g/mol. The fourth-order valence-corrected chi connectivity index (χ4v) is 3.20. The highest BCUT2D eigenvalue weighted by atomic mass is 16.1. The molecule has 1 aliphatic carbocycles. The second-order valence-corrected chi connectivity index (χ2v) is 6.51. The van der Waals surface area contributed by atoms with Crippen molar-refractivity contribution in [1.82, 2.24) is 19.6 Å². The molecular formula is C14H21N5O. The lowest BCUT2D eigenvalue weighted by atomic mass is 9.75. The molecule has 1 unspecified atom stereocenters. The smallest absolute Gasteiger partial charge is 0.349 e. The van der Waals surface area contributed by atoms with Gasteiger partial charge >= 0.3 is 5.69 Å². The molecule has 0 radical (unpaired) electrons. The molecule has 108 valence electrons. The summed E-state index contributed by atoms with van der Waals surface area (Å²) in [5.74, 6) is 1.45. The molecule has 0 aromatic carbocycles. The molecule has 1 aliphatic rings. The van der Waals surface area contributed by atoms with Crippen LogP contribution in [0.4, 0.5) is 5.82 Å².